The molecule has 0 unspecified atom stereocenters. The Morgan fingerprint density at radius 1 is 1.27 bits per heavy atom. The summed E-state index contributed by atoms with van der Waals surface area (Å²) < 4.78 is 30.3. The van der Waals surface area contributed by atoms with Gasteiger partial charge in [-0.2, -0.15) is 0 Å². The van der Waals surface area contributed by atoms with E-state index >= 15 is 0 Å². The zero-order valence-electron chi connectivity index (χ0n) is 9.37. The summed E-state index contributed by atoms with van der Waals surface area (Å²) in [4.78, 5) is 0. The lowest BCUT2D eigenvalue weighted by molar-refractivity contribution is 0.133. The molecule has 0 aromatic carbocycles. The molecule has 92 valence electrons. The zero-order chi connectivity index (χ0) is 11.6. The van der Waals surface area contributed by atoms with Crippen LogP contribution in [0.2, 0.25) is 0 Å². The lowest BCUT2D eigenvalue weighted by Gasteiger charge is -2.06. The average Bonchev–Trinajstić information content (AvgIpc) is 2.20. The van der Waals surface area contributed by atoms with Crippen molar-refractivity contribution in [1.29, 1.82) is 0 Å². The van der Waals surface area contributed by atoms with Crippen LogP contribution in [0.3, 0.4) is 0 Å². The number of nitrogens with two attached hydrogens (primary N) is 1. The normalized spacial score (nSPS) is 11.9. The van der Waals surface area contributed by atoms with Gasteiger partial charge in [0.1, 0.15) is 0 Å². The number of hydrogen-bond acceptors (Lipinski definition) is 4. The number of sulfonamides is 1. The lowest BCUT2D eigenvalue weighted by atomic mass is 10.4. The molecule has 15 heavy (non-hydrogen) atoms. The molecule has 0 fully saturated rings. The molecule has 0 rings (SSSR count). The SMILES string of the molecule is CCCOCCCNS(=O)(=O)CCCN. The van der Waals surface area contributed by atoms with E-state index in [1.165, 1.54) is 0 Å². The third kappa shape index (κ3) is 10.1. The summed E-state index contributed by atoms with van der Waals surface area (Å²) in [5, 5.41) is 0. The van der Waals surface area contributed by atoms with Gasteiger partial charge in [-0.05, 0) is 25.8 Å². The highest BCUT2D eigenvalue weighted by atomic mass is 32.2. The predicted octanol–water partition coefficient (Wildman–Crippen LogP) is 0.0713. The molecule has 0 aliphatic heterocycles. The van der Waals surface area contributed by atoms with Gasteiger partial charge in [-0.1, -0.05) is 6.92 Å². The molecule has 3 N–H and O–H groups in total. The van der Waals surface area contributed by atoms with E-state index < -0.39 is 10.0 Å². The van der Waals surface area contributed by atoms with Crippen molar-refractivity contribution in [3.8, 4) is 0 Å². The van der Waals surface area contributed by atoms with Crippen molar-refractivity contribution in [1.82, 2.24) is 4.72 Å². The van der Waals surface area contributed by atoms with Crippen LogP contribution < -0.4 is 10.5 Å². The molecule has 0 spiro atoms. The van der Waals surface area contributed by atoms with Crippen molar-refractivity contribution in [2.45, 2.75) is 26.2 Å². The molecular formula is C9H22N2O3S. The summed E-state index contributed by atoms with van der Waals surface area (Å²) in [6.45, 7) is 4.22. The molecule has 0 saturated heterocycles. The van der Waals surface area contributed by atoms with Gasteiger partial charge in [-0.15, -0.1) is 0 Å². The van der Waals surface area contributed by atoms with Crippen molar-refractivity contribution in [2.75, 3.05) is 32.1 Å². The van der Waals surface area contributed by atoms with Crippen LogP contribution in [0.25, 0.3) is 0 Å². The van der Waals surface area contributed by atoms with E-state index in [1.54, 1.807) is 0 Å². The first-order valence-corrected chi connectivity index (χ1v) is 7.02. The minimum absolute atomic E-state index is 0.110. The molecule has 0 bridgehead atoms. The molecule has 0 amide bonds. The third-order valence-electron chi connectivity index (χ3n) is 1.75. The van der Waals surface area contributed by atoms with Crippen molar-refractivity contribution < 1.29 is 13.2 Å². The highest BCUT2D eigenvalue weighted by molar-refractivity contribution is 7.89. The van der Waals surface area contributed by atoms with Gasteiger partial charge in [0.2, 0.25) is 10.0 Å². The predicted molar refractivity (Wildman–Crippen MR) is 61.2 cm³/mol. The van der Waals surface area contributed by atoms with Crippen LogP contribution in [0.1, 0.15) is 26.2 Å². The van der Waals surface area contributed by atoms with Crippen molar-refractivity contribution >= 4 is 10.0 Å². The highest BCUT2D eigenvalue weighted by Crippen LogP contribution is 1.90. The van der Waals surface area contributed by atoms with Gasteiger partial charge in [0.15, 0.2) is 0 Å². The Labute approximate surface area is 92.4 Å². The lowest BCUT2D eigenvalue weighted by Crippen LogP contribution is -2.28. The first-order chi connectivity index (χ1) is 7.12. The molecule has 0 heterocycles. The number of ether oxygens (including phenoxy) is 1. The smallest absolute Gasteiger partial charge is 0.211 e. The van der Waals surface area contributed by atoms with Crippen LogP contribution in [0, 0.1) is 0 Å². The minimum atomic E-state index is -3.12. The standard InChI is InChI=1S/C9H22N2O3S/c1-2-7-14-8-4-6-11-15(12,13)9-3-5-10/h11H,2-10H2,1H3. The Kier molecular flexibility index (Phi) is 8.98. The summed E-state index contributed by atoms with van der Waals surface area (Å²) in [7, 11) is -3.12. The summed E-state index contributed by atoms with van der Waals surface area (Å²) >= 11 is 0. The van der Waals surface area contributed by atoms with Gasteiger partial charge < -0.3 is 10.5 Å². The van der Waals surface area contributed by atoms with Gasteiger partial charge in [0.25, 0.3) is 0 Å². The molecule has 0 radical (unpaired) electrons. The Balaban J connectivity index is 3.41. The van der Waals surface area contributed by atoms with Gasteiger partial charge in [-0.25, -0.2) is 13.1 Å². The Morgan fingerprint density at radius 2 is 2.00 bits per heavy atom. The summed E-state index contributed by atoms with van der Waals surface area (Å²) in [5.41, 5.74) is 5.23. The Morgan fingerprint density at radius 3 is 2.60 bits per heavy atom. The molecule has 6 heteroatoms. The van der Waals surface area contributed by atoms with E-state index in [0.717, 1.165) is 13.0 Å². The van der Waals surface area contributed by atoms with Crippen LogP contribution in [-0.4, -0.2) is 40.5 Å². The first kappa shape index (κ1) is 14.8. The van der Waals surface area contributed by atoms with Gasteiger partial charge >= 0.3 is 0 Å². The van der Waals surface area contributed by atoms with E-state index in [2.05, 4.69) is 4.72 Å². The fraction of sp³-hybridized carbons (Fsp3) is 1.00. The van der Waals surface area contributed by atoms with E-state index in [9.17, 15) is 8.42 Å². The van der Waals surface area contributed by atoms with Crippen LogP contribution >= 0.6 is 0 Å². The maximum Gasteiger partial charge on any atom is 0.211 e. The maximum absolute atomic E-state index is 11.3. The van der Waals surface area contributed by atoms with Crippen molar-refractivity contribution in [2.24, 2.45) is 5.73 Å². The molecule has 0 aliphatic rings. The molecule has 0 atom stereocenters. The quantitative estimate of drug-likeness (QED) is 0.528. The summed E-state index contributed by atoms with van der Waals surface area (Å²) in [6.07, 6.45) is 2.20. The highest BCUT2D eigenvalue weighted by Gasteiger charge is 2.07. The summed E-state index contributed by atoms with van der Waals surface area (Å²) in [5.74, 6) is 0.110. The van der Waals surface area contributed by atoms with E-state index in [-0.39, 0.29) is 5.75 Å². The van der Waals surface area contributed by atoms with Crippen LogP contribution in [-0.2, 0) is 14.8 Å². The molecular weight excluding hydrogens is 216 g/mol. The van der Waals surface area contributed by atoms with Gasteiger partial charge in [0.05, 0.1) is 5.75 Å². The molecule has 0 aliphatic carbocycles. The molecule has 5 nitrogen and oxygen atoms in total. The fourth-order valence-electron chi connectivity index (χ4n) is 0.994. The fourth-order valence-corrected chi connectivity index (χ4v) is 2.14. The number of hydrogen-bond donors (Lipinski definition) is 2. The Bertz CT molecular complexity index is 230. The second-order valence-electron chi connectivity index (χ2n) is 3.32. The van der Waals surface area contributed by atoms with E-state index in [4.69, 9.17) is 10.5 Å². The number of nitrogens with one attached hydrogen (secondary N) is 1. The van der Waals surface area contributed by atoms with Crippen molar-refractivity contribution in [3.05, 3.63) is 0 Å². The molecule has 0 saturated carbocycles. The van der Waals surface area contributed by atoms with Crippen LogP contribution in [0.4, 0.5) is 0 Å². The van der Waals surface area contributed by atoms with Gasteiger partial charge in [-0.3, -0.25) is 0 Å². The van der Waals surface area contributed by atoms with Crippen LogP contribution in [0.5, 0.6) is 0 Å². The van der Waals surface area contributed by atoms with E-state index in [1.807, 2.05) is 6.92 Å². The largest absolute Gasteiger partial charge is 0.381 e. The first-order valence-electron chi connectivity index (χ1n) is 5.37. The summed E-state index contributed by atoms with van der Waals surface area (Å²) in [6, 6.07) is 0. The molecule has 0 aromatic rings. The average molecular weight is 238 g/mol. The maximum atomic E-state index is 11.3. The molecule has 0 aromatic heterocycles. The van der Waals surface area contributed by atoms with E-state index in [0.29, 0.717) is 32.5 Å². The topological polar surface area (TPSA) is 81.4 Å². The van der Waals surface area contributed by atoms with Gasteiger partial charge in [0, 0.05) is 19.8 Å². The van der Waals surface area contributed by atoms with Crippen LogP contribution in [0.15, 0.2) is 0 Å². The zero-order valence-corrected chi connectivity index (χ0v) is 10.2. The monoisotopic (exact) mass is 238 g/mol. The Hall–Kier alpha value is -0.170. The second kappa shape index (κ2) is 9.08. The number of rotatable bonds is 10. The second-order valence-corrected chi connectivity index (χ2v) is 5.25. The third-order valence-corrected chi connectivity index (χ3v) is 3.22. The minimum Gasteiger partial charge on any atom is -0.381 e. The van der Waals surface area contributed by atoms with Crippen molar-refractivity contribution in [3.63, 3.8) is 0 Å².